The molecular formula is C13H22N2. The lowest BCUT2D eigenvalue weighted by molar-refractivity contribution is 0.667. The second-order valence-corrected chi connectivity index (χ2v) is 3.92. The Kier molecular flexibility index (Phi) is 5.19. The summed E-state index contributed by atoms with van der Waals surface area (Å²) >= 11 is 0. The van der Waals surface area contributed by atoms with Gasteiger partial charge in [-0.1, -0.05) is 25.1 Å². The van der Waals surface area contributed by atoms with Crippen molar-refractivity contribution in [1.82, 2.24) is 5.32 Å². The molecule has 0 amide bonds. The van der Waals surface area contributed by atoms with E-state index in [0.717, 1.165) is 19.6 Å². The second kappa shape index (κ2) is 6.46. The molecule has 0 aliphatic heterocycles. The molecule has 15 heavy (non-hydrogen) atoms. The largest absolute Gasteiger partial charge is 0.374 e. The molecule has 0 bridgehead atoms. The minimum absolute atomic E-state index is 1.06. The standard InChI is InChI=1S/C13H22N2/c1-4-14-10-7-11-15(3)13-9-6-5-8-12(13)2/h5-6,8-9,14H,4,7,10-11H2,1-3H3. The van der Waals surface area contributed by atoms with Crippen LogP contribution >= 0.6 is 0 Å². The van der Waals surface area contributed by atoms with Gasteiger partial charge in [-0.15, -0.1) is 0 Å². The lowest BCUT2D eigenvalue weighted by Crippen LogP contribution is -2.24. The number of anilines is 1. The van der Waals surface area contributed by atoms with Crippen molar-refractivity contribution in [1.29, 1.82) is 0 Å². The number of benzene rings is 1. The van der Waals surface area contributed by atoms with Crippen molar-refractivity contribution in [2.75, 3.05) is 31.6 Å². The predicted molar refractivity (Wildman–Crippen MR) is 67.6 cm³/mol. The van der Waals surface area contributed by atoms with Crippen LogP contribution in [-0.4, -0.2) is 26.7 Å². The fourth-order valence-electron chi connectivity index (χ4n) is 1.73. The molecule has 0 spiro atoms. The first-order valence-electron chi connectivity index (χ1n) is 5.73. The van der Waals surface area contributed by atoms with Crippen molar-refractivity contribution < 1.29 is 0 Å². The second-order valence-electron chi connectivity index (χ2n) is 3.92. The van der Waals surface area contributed by atoms with Crippen LogP contribution in [0.4, 0.5) is 5.69 Å². The van der Waals surface area contributed by atoms with Crippen LogP contribution in [0.25, 0.3) is 0 Å². The van der Waals surface area contributed by atoms with Gasteiger partial charge < -0.3 is 10.2 Å². The number of para-hydroxylation sites is 1. The van der Waals surface area contributed by atoms with Crippen molar-refractivity contribution >= 4 is 5.69 Å². The zero-order valence-electron chi connectivity index (χ0n) is 10.1. The summed E-state index contributed by atoms with van der Waals surface area (Å²) in [5.74, 6) is 0. The summed E-state index contributed by atoms with van der Waals surface area (Å²) in [6, 6.07) is 8.53. The molecule has 0 heterocycles. The van der Waals surface area contributed by atoms with E-state index in [2.05, 4.69) is 55.4 Å². The molecule has 1 N–H and O–H groups in total. The predicted octanol–water partition coefficient (Wildman–Crippen LogP) is 2.43. The number of hydrogen-bond donors (Lipinski definition) is 1. The smallest absolute Gasteiger partial charge is 0.0393 e. The SMILES string of the molecule is CCNCCCN(C)c1ccccc1C. The highest BCUT2D eigenvalue weighted by Crippen LogP contribution is 2.17. The fourth-order valence-corrected chi connectivity index (χ4v) is 1.73. The van der Waals surface area contributed by atoms with Gasteiger partial charge in [-0.3, -0.25) is 0 Å². The summed E-state index contributed by atoms with van der Waals surface area (Å²) in [7, 11) is 2.16. The van der Waals surface area contributed by atoms with Crippen molar-refractivity contribution in [2.45, 2.75) is 20.3 Å². The molecule has 2 heteroatoms. The maximum absolute atomic E-state index is 3.34. The van der Waals surface area contributed by atoms with E-state index in [4.69, 9.17) is 0 Å². The molecule has 1 rings (SSSR count). The molecule has 0 aromatic heterocycles. The van der Waals surface area contributed by atoms with E-state index in [0.29, 0.717) is 0 Å². The Bertz CT molecular complexity index is 284. The van der Waals surface area contributed by atoms with E-state index in [9.17, 15) is 0 Å². The van der Waals surface area contributed by atoms with Crippen molar-refractivity contribution in [3.05, 3.63) is 29.8 Å². The van der Waals surface area contributed by atoms with Gasteiger partial charge >= 0.3 is 0 Å². The lowest BCUT2D eigenvalue weighted by Gasteiger charge is -2.21. The highest BCUT2D eigenvalue weighted by Gasteiger charge is 2.02. The maximum Gasteiger partial charge on any atom is 0.0393 e. The molecular weight excluding hydrogens is 184 g/mol. The van der Waals surface area contributed by atoms with Crippen LogP contribution in [0, 0.1) is 6.92 Å². The highest BCUT2D eigenvalue weighted by atomic mass is 15.1. The normalized spacial score (nSPS) is 10.3. The molecule has 1 aromatic carbocycles. The Labute approximate surface area is 93.3 Å². The van der Waals surface area contributed by atoms with Crippen molar-refractivity contribution in [3.63, 3.8) is 0 Å². The third-order valence-corrected chi connectivity index (χ3v) is 2.62. The summed E-state index contributed by atoms with van der Waals surface area (Å²) in [6.45, 7) is 7.58. The molecule has 0 aliphatic rings. The van der Waals surface area contributed by atoms with Gasteiger partial charge in [-0.2, -0.15) is 0 Å². The fraction of sp³-hybridized carbons (Fsp3) is 0.538. The van der Waals surface area contributed by atoms with Crippen LogP contribution in [-0.2, 0) is 0 Å². The van der Waals surface area contributed by atoms with Crippen LogP contribution < -0.4 is 10.2 Å². The van der Waals surface area contributed by atoms with Crippen LogP contribution in [0.3, 0.4) is 0 Å². The Hall–Kier alpha value is -1.02. The van der Waals surface area contributed by atoms with Crippen LogP contribution in [0.5, 0.6) is 0 Å². The van der Waals surface area contributed by atoms with Gasteiger partial charge in [-0.25, -0.2) is 0 Å². The summed E-state index contributed by atoms with van der Waals surface area (Å²) in [5, 5.41) is 3.34. The first-order chi connectivity index (χ1) is 7.25. The number of nitrogens with one attached hydrogen (secondary N) is 1. The Balaban J connectivity index is 2.40. The van der Waals surface area contributed by atoms with E-state index in [1.807, 2.05) is 0 Å². The molecule has 0 unspecified atom stereocenters. The number of hydrogen-bond acceptors (Lipinski definition) is 2. The van der Waals surface area contributed by atoms with Crippen molar-refractivity contribution in [2.24, 2.45) is 0 Å². The number of rotatable bonds is 6. The number of aryl methyl sites for hydroxylation is 1. The first kappa shape index (κ1) is 12.1. The average molecular weight is 206 g/mol. The molecule has 0 aliphatic carbocycles. The van der Waals surface area contributed by atoms with Gasteiger partial charge in [0.15, 0.2) is 0 Å². The topological polar surface area (TPSA) is 15.3 Å². The first-order valence-corrected chi connectivity index (χ1v) is 5.73. The van der Waals surface area contributed by atoms with Gasteiger partial charge in [0.2, 0.25) is 0 Å². The molecule has 84 valence electrons. The monoisotopic (exact) mass is 206 g/mol. The van der Waals surface area contributed by atoms with E-state index in [1.165, 1.54) is 17.7 Å². The van der Waals surface area contributed by atoms with E-state index in [-0.39, 0.29) is 0 Å². The maximum atomic E-state index is 3.34. The van der Waals surface area contributed by atoms with Gasteiger partial charge in [0, 0.05) is 19.3 Å². The summed E-state index contributed by atoms with van der Waals surface area (Å²) in [4.78, 5) is 2.33. The Morgan fingerprint density at radius 1 is 1.27 bits per heavy atom. The van der Waals surface area contributed by atoms with Crippen LogP contribution in [0.1, 0.15) is 18.9 Å². The zero-order chi connectivity index (χ0) is 11.1. The third-order valence-electron chi connectivity index (χ3n) is 2.62. The van der Waals surface area contributed by atoms with E-state index in [1.54, 1.807) is 0 Å². The molecule has 0 fully saturated rings. The molecule has 0 atom stereocenters. The van der Waals surface area contributed by atoms with Crippen LogP contribution in [0.2, 0.25) is 0 Å². The minimum atomic E-state index is 1.06. The van der Waals surface area contributed by atoms with Crippen LogP contribution in [0.15, 0.2) is 24.3 Å². The average Bonchev–Trinajstić information content (AvgIpc) is 2.25. The molecule has 0 radical (unpaired) electrons. The highest BCUT2D eigenvalue weighted by molar-refractivity contribution is 5.52. The van der Waals surface area contributed by atoms with Gasteiger partial charge in [0.1, 0.15) is 0 Å². The zero-order valence-corrected chi connectivity index (χ0v) is 10.1. The number of nitrogens with zero attached hydrogens (tertiary/aromatic N) is 1. The molecule has 0 saturated heterocycles. The Morgan fingerprint density at radius 3 is 2.67 bits per heavy atom. The summed E-state index contributed by atoms with van der Waals surface area (Å²) < 4.78 is 0. The van der Waals surface area contributed by atoms with Gasteiger partial charge in [0.25, 0.3) is 0 Å². The van der Waals surface area contributed by atoms with Gasteiger partial charge in [0.05, 0.1) is 0 Å². The summed E-state index contributed by atoms with van der Waals surface area (Å²) in [6.07, 6.45) is 1.19. The minimum Gasteiger partial charge on any atom is -0.374 e. The Morgan fingerprint density at radius 2 is 2.00 bits per heavy atom. The molecule has 0 saturated carbocycles. The quantitative estimate of drug-likeness (QED) is 0.719. The van der Waals surface area contributed by atoms with E-state index >= 15 is 0 Å². The van der Waals surface area contributed by atoms with Gasteiger partial charge in [-0.05, 0) is 38.1 Å². The van der Waals surface area contributed by atoms with E-state index < -0.39 is 0 Å². The molecule has 1 aromatic rings. The third kappa shape index (κ3) is 3.92. The van der Waals surface area contributed by atoms with Crippen molar-refractivity contribution in [3.8, 4) is 0 Å². The summed E-state index contributed by atoms with van der Waals surface area (Å²) in [5.41, 5.74) is 2.69. The molecule has 2 nitrogen and oxygen atoms in total. The lowest BCUT2D eigenvalue weighted by atomic mass is 10.2.